The highest BCUT2D eigenvalue weighted by atomic mass is 16.3. The maximum Gasteiger partial charge on any atom is 0.164 e. The number of hydrogen-bond donors (Lipinski definition) is 0. The molecule has 0 aliphatic carbocycles. The van der Waals surface area contributed by atoms with E-state index in [4.69, 9.17) is 19.4 Å². The molecule has 12 rings (SSSR count). The molecular formula is C57H35N3O. The smallest absolute Gasteiger partial charge is 0.164 e. The highest BCUT2D eigenvalue weighted by molar-refractivity contribution is 6.22. The molecule has 0 aliphatic rings. The Kier molecular flexibility index (Phi) is 8.13. The second-order valence-corrected chi connectivity index (χ2v) is 15.6. The van der Waals surface area contributed by atoms with Crippen molar-refractivity contribution in [2.45, 2.75) is 0 Å². The maximum absolute atomic E-state index is 6.69. The molecule has 4 heteroatoms. The van der Waals surface area contributed by atoms with Gasteiger partial charge in [0.2, 0.25) is 0 Å². The molecule has 0 fully saturated rings. The zero-order chi connectivity index (χ0) is 40.3. The lowest BCUT2D eigenvalue weighted by molar-refractivity contribution is 0.669. The third-order valence-electron chi connectivity index (χ3n) is 11.9. The maximum atomic E-state index is 6.69. The monoisotopic (exact) mass is 777 g/mol. The lowest BCUT2D eigenvalue weighted by Crippen LogP contribution is -2.00. The van der Waals surface area contributed by atoms with Crippen molar-refractivity contribution in [2.24, 2.45) is 0 Å². The van der Waals surface area contributed by atoms with Crippen LogP contribution in [0.1, 0.15) is 0 Å². The van der Waals surface area contributed by atoms with E-state index in [2.05, 4.69) is 206 Å². The molecule has 0 aliphatic heterocycles. The van der Waals surface area contributed by atoms with E-state index >= 15 is 0 Å². The van der Waals surface area contributed by atoms with Crippen LogP contribution in [0.5, 0.6) is 0 Å². The van der Waals surface area contributed by atoms with E-state index in [9.17, 15) is 0 Å². The van der Waals surface area contributed by atoms with Crippen molar-refractivity contribution in [2.75, 3.05) is 0 Å². The Hall–Kier alpha value is -8.21. The molecule has 61 heavy (non-hydrogen) atoms. The van der Waals surface area contributed by atoms with Gasteiger partial charge >= 0.3 is 0 Å². The van der Waals surface area contributed by atoms with Gasteiger partial charge in [-0.05, 0) is 90.0 Å². The molecule has 2 heterocycles. The Morgan fingerprint density at radius 2 is 0.820 bits per heavy atom. The lowest BCUT2D eigenvalue weighted by Gasteiger charge is -2.12. The van der Waals surface area contributed by atoms with Gasteiger partial charge in [0.25, 0.3) is 0 Å². The van der Waals surface area contributed by atoms with Gasteiger partial charge in [-0.3, -0.25) is 0 Å². The SMILES string of the molecule is c1ccc(-c2ccc(-c3nc(-c4ccc5ccccc5c4)nc(-c4cc5oc6ccc(-c7ccc(-c8cccc9ccccc89)cc7)cc6c5c5ccccc45)n3)cc2)cc1. The van der Waals surface area contributed by atoms with Crippen LogP contribution in [-0.2, 0) is 0 Å². The summed E-state index contributed by atoms with van der Waals surface area (Å²) >= 11 is 0. The first kappa shape index (κ1) is 34.8. The fraction of sp³-hybridized carbons (Fsp3) is 0. The number of hydrogen-bond acceptors (Lipinski definition) is 4. The molecule has 0 N–H and O–H groups in total. The number of benzene rings is 10. The van der Waals surface area contributed by atoms with Crippen LogP contribution in [0.2, 0.25) is 0 Å². The van der Waals surface area contributed by atoms with Gasteiger partial charge in [-0.15, -0.1) is 0 Å². The van der Waals surface area contributed by atoms with E-state index < -0.39 is 0 Å². The first-order valence-electron chi connectivity index (χ1n) is 20.6. The van der Waals surface area contributed by atoms with Crippen LogP contribution < -0.4 is 0 Å². The fourth-order valence-corrected chi connectivity index (χ4v) is 8.85. The average Bonchev–Trinajstić information content (AvgIpc) is 3.72. The van der Waals surface area contributed by atoms with Crippen molar-refractivity contribution in [3.63, 3.8) is 0 Å². The molecule has 0 atom stereocenters. The largest absolute Gasteiger partial charge is 0.456 e. The van der Waals surface area contributed by atoms with Crippen molar-refractivity contribution in [1.82, 2.24) is 15.0 Å². The number of rotatable bonds is 6. The summed E-state index contributed by atoms with van der Waals surface area (Å²) in [4.78, 5) is 15.5. The van der Waals surface area contributed by atoms with Crippen LogP contribution in [0.25, 0.3) is 122 Å². The van der Waals surface area contributed by atoms with Gasteiger partial charge in [-0.1, -0.05) is 188 Å². The van der Waals surface area contributed by atoms with Crippen molar-refractivity contribution in [1.29, 1.82) is 0 Å². The summed E-state index contributed by atoms with van der Waals surface area (Å²) in [6.07, 6.45) is 0. The summed E-state index contributed by atoms with van der Waals surface area (Å²) in [5, 5.41) is 9.06. The van der Waals surface area contributed by atoms with Gasteiger partial charge in [-0.25, -0.2) is 15.0 Å². The van der Waals surface area contributed by atoms with Crippen LogP contribution in [0, 0.1) is 0 Å². The summed E-state index contributed by atoms with van der Waals surface area (Å²) in [7, 11) is 0. The topological polar surface area (TPSA) is 51.8 Å². The van der Waals surface area contributed by atoms with Crippen LogP contribution >= 0.6 is 0 Å². The Bertz CT molecular complexity index is 3620. The summed E-state index contributed by atoms with van der Waals surface area (Å²) in [5.41, 5.74) is 11.4. The summed E-state index contributed by atoms with van der Waals surface area (Å²) in [6, 6.07) is 74.7. The average molecular weight is 778 g/mol. The minimum atomic E-state index is 0.589. The second kappa shape index (κ2) is 14.3. The standard InChI is InChI=1S/C57H35N3O/c1-2-11-36(12-3-1)38-23-28-42(29-24-38)55-58-56(45-30-25-37-13-4-5-15-43(37)33-45)60-57(59-55)50-35-53-54(49-19-9-8-18-48(49)50)51-34-44(31-32-52(51)61-53)39-21-26-41(27-22-39)47-20-10-16-40-14-6-7-17-46(40)47/h1-35H. The van der Waals surface area contributed by atoms with Crippen LogP contribution in [0.15, 0.2) is 217 Å². The summed E-state index contributed by atoms with van der Waals surface area (Å²) < 4.78 is 6.69. The molecule has 10 aromatic carbocycles. The Balaban J connectivity index is 0.991. The van der Waals surface area contributed by atoms with Crippen molar-refractivity contribution >= 4 is 54.3 Å². The van der Waals surface area contributed by atoms with Gasteiger partial charge in [0.1, 0.15) is 11.2 Å². The number of nitrogens with zero attached hydrogens (tertiary/aromatic N) is 3. The second-order valence-electron chi connectivity index (χ2n) is 15.6. The van der Waals surface area contributed by atoms with Crippen molar-refractivity contribution < 1.29 is 4.42 Å². The number of aromatic nitrogens is 3. The summed E-state index contributed by atoms with van der Waals surface area (Å²) in [6.45, 7) is 0. The van der Waals surface area contributed by atoms with E-state index in [0.29, 0.717) is 17.5 Å². The van der Waals surface area contributed by atoms with Gasteiger partial charge in [0, 0.05) is 27.5 Å². The molecule has 0 spiro atoms. The molecule has 4 nitrogen and oxygen atoms in total. The van der Waals surface area contributed by atoms with Gasteiger partial charge in [0.15, 0.2) is 17.5 Å². The molecule has 0 saturated carbocycles. The molecule has 0 radical (unpaired) electrons. The highest BCUT2D eigenvalue weighted by Gasteiger charge is 2.20. The molecular weight excluding hydrogens is 743 g/mol. The lowest BCUT2D eigenvalue weighted by atomic mass is 9.95. The van der Waals surface area contributed by atoms with Gasteiger partial charge in [0.05, 0.1) is 0 Å². The van der Waals surface area contributed by atoms with E-state index in [1.165, 1.54) is 27.3 Å². The molecule has 0 amide bonds. The Morgan fingerprint density at radius 1 is 0.262 bits per heavy atom. The molecule has 2 aromatic heterocycles. The first-order valence-corrected chi connectivity index (χ1v) is 20.6. The van der Waals surface area contributed by atoms with E-state index in [-0.39, 0.29) is 0 Å². The number of furan rings is 1. The van der Waals surface area contributed by atoms with E-state index in [0.717, 1.165) is 77.0 Å². The third-order valence-corrected chi connectivity index (χ3v) is 11.9. The molecule has 0 saturated heterocycles. The third kappa shape index (κ3) is 6.12. The fourth-order valence-electron chi connectivity index (χ4n) is 8.85. The predicted molar refractivity (Wildman–Crippen MR) is 252 cm³/mol. The predicted octanol–water partition coefficient (Wildman–Crippen LogP) is 15.2. The number of fused-ring (bicyclic) bond motifs is 7. The van der Waals surface area contributed by atoms with Crippen LogP contribution in [0.4, 0.5) is 0 Å². The van der Waals surface area contributed by atoms with Crippen LogP contribution in [-0.4, -0.2) is 15.0 Å². The zero-order valence-corrected chi connectivity index (χ0v) is 33.0. The quantitative estimate of drug-likeness (QED) is 0.169. The van der Waals surface area contributed by atoms with Gasteiger partial charge in [-0.2, -0.15) is 0 Å². The summed E-state index contributed by atoms with van der Waals surface area (Å²) in [5.74, 6) is 1.81. The Labute approximate surface area is 352 Å². The van der Waals surface area contributed by atoms with Crippen molar-refractivity contribution in [3.8, 4) is 67.5 Å². The normalized spacial score (nSPS) is 11.6. The first-order chi connectivity index (χ1) is 30.2. The van der Waals surface area contributed by atoms with Crippen LogP contribution in [0.3, 0.4) is 0 Å². The van der Waals surface area contributed by atoms with Crippen molar-refractivity contribution in [3.05, 3.63) is 212 Å². The molecule has 12 aromatic rings. The van der Waals surface area contributed by atoms with Gasteiger partial charge < -0.3 is 4.42 Å². The highest BCUT2D eigenvalue weighted by Crippen LogP contribution is 2.42. The zero-order valence-electron chi connectivity index (χ0n) is 33.0. The molecule has 0 unspecified atom stereocenters. The minimum Gasteiger partial charge on any atom is -0.456 e. The van der Waals surface area contributed by atoms with E-state index in [1.807, 2.05) is 6.07 Å². The minimum absolute atomic E-state index is 0.589. The molecule has 284 valence electrons. The Morgan fingerprint density at radius 3 is 1.62 bits per heavy atom. The molecule has 0 bridgehead atoms. The van der Waals surface area contributed by atoms with E-state index in [1.54, 1.807) is 0 Å².